The third-order valence-corrected chi connectivity index (χ3v) is 3.42. The number of hydrogen-bond donors (Lipinski definition) is 0. The maximum absolute atomic E-state index is 12.9. The Morgan fingerprint density at radius 3 is 2.36 bits per heavy atom. The van der Waals surface area contributed by atoms with Crippen molar-refractivity contribution in [1.82, 2.24) is 0 Å². The van der Waals surface area contributed by atoms with Crippen LogP contribution in [0.1, 0.15) is 51.9 Å². The van der Waals surface area contributed by atoms with Crippen molar-refractivity contribution in [2.75, 3.05) is 6.67 Å². The van der Waals surface area contributed by atoms with E-state index in [2.05, 4.69) is 0 Å². The van der Waals surface area contributed by atoms with Gasteiger partial charge in [-0.3, -0.25) is 4.39 Å². The van der Waals surface area contributed by atoms with Crippen molar-refractivity contribution in [2.45, 2.75) is 58.0 Å². The van der Waals surface area contributed by atoms with Gasteiger partial charge in [-0.1, -0.05) is 32.1 Å². The van der Waals surface area contributed by atoms with Crippen LogP contribution in [0.3, 0.4) is 0 Å². The molecule has 0 aromatic carbocycles. The van der Waals surface area contributed by atoms with Gasteiger partial charge < -0.3 is 0 Å². The molecule has 1 aliphatic carbocycles. The van der Waals surface area contributed by atoms with E-state index in [1.54, 1.807) is 6.92 Å². The first-order chi connectivity index (χ1) is 6.74. The summed E-state index contributed by atoms with van der Waals surface area (Å²) < 4.78 is 25.2. The molecule has 1 saturated carbocycles. The standard InChI is InChI=1S/C12H22F2/c1-10(14)9-12(7-8-13)11-5-3-2-4-6-11/h10-12H,2-9H2,1H3. The molecule has 0 aromatic heterocycles. The summed E-state index contributed by atoms with van der Waals surface area (Å²) in [5, 5.41) is 0. The SMILES string of the molecule is CC(F)CC(CCF)C1CCCCC1. The monoisotopic (exact) mass is 204 g/mol. The van der Waals surface area contributed by atoms with Gasteiger partial charge in [0.15, 0.2) is 0 Å². The summed E-state index contributed by atoms with van der Waals surface area (Å²) in [7, 11) is 0. The van der Waals surface area contributed by atoms with E-state index in [1.165, 1.54) is 32.1 Å². The lowest BCUT2D eigenvalue weighted by Crippen LogP contribution is -2.21. The molecule has 0 bridgehead atoms. The van der Waals surface area contributed by atoms with E-state index in [0.717, 1.165) is 0 Å². The first-order valence-electron chi connectivity index (χ1n) is 5.94. The number of alkyl halides is 2. The predicted octanol–water partition coefficient (Wildman–Crippen LogP) is 4.29. The largest absolute Gasteiger partial charge is 0.251 e. The molecule has 0 spiro atoms. The highest BCUT2D eigenvalue weighted by Gasteiger charge is 2.24. The summed E-state index contributed by atoms with van der Waals surface area (Å²) in [5.74, 6) is 0.887. The third-order valence-electron chi connectivity index (χ3n) is 3.42. The second-order valence-electron chi connectivity index (χ2n) is 4.65. The van der Waals surface area contributed by atoms with Crippen LogP contribution in [0, 0.1) is 11.8 Å². The molecule has 2 unspecified atom stereocenters. The molecule has 1 rings (SSSR count). The molecule has 1 fully saturated rings. The van der Waals surface area contributed by atoms with Crippen molar-refractivity contribution in [3.05, 3.63) is 0 Å². The van der Waals surface area contributed by atoms with Crippen LogP contribution in [0.2, 0.25) is 0 Å². The van der Waals surface area contributed by atoms with Gasteiger partial charge in [0.05, 0.1) is 12.8 Å². The quantitative estimate of drug-likeness (QED) is 0.626. The molecule has 0 aliphatic heterocycles. The molecule has 0 heterocycles. The van der Waals surface area contributed by atoms with Crippen LogP contribution in [0.5, 0.6) is 0 Å². The minimum absolute atomic E-state index is 0.284. The van der Waals surface area contributed by atoms with Crippen molar-refractivity contribution < 1.29 is 8.78 Å². The average Bonchev–Trinajstić information content (AvgIpc) is 2.18. The zero-order chi connectivity index (χ0) is 10.4. The fourth-order valence-corrected chi connectivity index (χ4v) is 2.71. The van der Waals surface area contributed by atoms with Gasteiger partial charge in [0.1, 0.15) is 0 Å². The van der Waals surface area contributed by atoms with Gasteiger partial charge in [-0.2, -0.15) is 0 Å². The zero-order valence-electron chi connectivity index (χ0n) is 9.14. The molecule has 0 radical (unpaired) electrons. The molecule has 14 heavy (non-hydrogen) atoms. The summed E-state index contributed by atoms with van der Waals surface area (Å²) in [6.07, 6.45) is 6.57. The third kappa shape index (κ3) is 3.93. The second-order valence-corrected chi connectivity index (χ2v) is 4.65. The van der Waals surface area contributed by atoms with Gasteiger partial charge >= 0.3 is 0 Å². The van der Waals surface area contributed by atoms with E-state index in [1.807, 2.05) is 0 Å². The molecule has 2 atom stereocenters. The predicted molar refractivity (Wildman–Crippen MR) is 55.8 cm³/mol. The van der Waals surface area contributed by atoms with E-state index in [4.69, 9.17) is 0 Å². The first kappa shape index (κ1) is 11.9. The Bertz CT molecular complexity index is 139. The van der Waals surface area contributed by atoms with Gasteiger partial charge in [-0.05, 0) is 31.6 Å². The van der Waals surface area contributed by atoms with Gasteiger partial charge in [0, 0.05) is 0 Å². The van der Waals surface area contributed by atoms with Gasteiger partial charge in [-0.25, -0.2) is 4.39 Å². The van der Waals surface area contributed by atoms with Crippen molar-refractivity contribution in [3.63, 3.8) is 0 Å². The van der Waals surface area contributed by atoms with Crippen LogP contribution < -0.4 is 0 Å². The van der Waals surface area contributed by atoms with Gasteiger partial charge in [-0.15, -0.1) is 0 Å². The Balaban J connectivity index is 2.38. The molecule has 2 heteroatoms. The topological polar surface area (TPSA) is 0 Å². The lowest BCUT2D eigenvalue weighted by Gasteiger charge is -2.30. The number of halogens is 2. The van der Waals surface area contributed by atoms with E-state index < -0.39 is 6.17 Å². The molecule has 1 aliphatic rings. The maximum Gasteiger partial charge on any atom is 0.0976 e. The van der Waals surface area contributed by atoms with Crippen molar-refractivity contribution in [2.24, 2.45) is 11.8 Å². The lowest BCUT2D eigenvalue weighted by molar-refractivity contribution is 0.171. The van der Waals surface area contributed by atoms with Crippen LogP contribution in [-0.4, -0.2) is 12.8 Å². The van der Waals surface area contributed by atoms with Gasteiger partial charge in [0.2, 0.25) is 0 Å². The van der Waals surface area contributed by atoms with Crippen LogP contribution >= 0.6 is 0 Å². The summed E-state index contributed by atoms with van der Waals surface area (Å²) in [4.78, 5) is 0. The van der Waals surface area contributed by atoms with E-state index >= 15 is 0 Å². The minimum Gasteiger partial charge on any atom is -0.251 e. The van der Waals surface area contributed by atoms with Crippen molar-refractivity contribution >= 4 is 0 Å². The van der Waals surface area contributed by atoms with E-state index in [0.29, 0.717) is 24.7 Å². The summed E-state index contributed by atoms with van der Waals surface area (Å²) in [6.45, 7) is 1.31. The smallest absolute Gasteiger partial charge is 0.0976 e. The molecule has 84 valence electrons. The van der Waals surface area contributed by atoms with Crippen LogP contribution in [-0.2, 0) is 0 Å². The number of rotatable bonds is 5. The summed E-state index contributed by atoms with van der Waals surface area (Å²) >= 11 is 0. The highest BCUT2D eigenvalue weighted by Crippen LogP contribution is 2.34. The van der Waals surface area contributed by atoms with E-state index in [9.17, 15) is 8.78 Å². The second kappa shape index (κ2) is 6.36. The molecule has 0 nitrogen and oxygen atoms in total. The first-order valence-corrected chi connectivity index (χ1v) is 5.94. The van der Waals surface area contributed by atoms with Crippen LogP contribution in [0.4, 0.5) is 8.78 Å². The Hall–Kier alpha value is -0.140. The molecule has 0 N–H and O–H groups in total. The van der Waals surface area contributed by atoms with Crippen molar-refractivity contribution in [1.29, 1.82) is 0 Å². The Morgan fingerprint density at radius 2 is 1.86 bits per heavy atom. The van der Waals surface area contributed by atoms with Gasteiger partial charge in [0.25, 0.3) is 0 Å². The minimum atomic E-state index is -0.770. The summed E-state index contributed by atoms with van der Waals surface area (Å²) in [5.41, 5.74) is 0. The Morgan fingerprint density at radius 1 is 1.21 bits per heavy atom. The fourth-order valence-electron chi connectivity index (χ4n) is 2.71. The fraction of sp³-hybridized carbons (Fsp3) is 1.00. The van der Waals surface area contributed by atoms with Crippen LogP contribution in [0.15, 0.2) is 0 Å². The van der Waals surface area contributed by atoms with Crippen molar-refractivity contribution in [3.8, 4) is 0 Å². The average molecular weight is 204 g/mol. The molecule has 0 aromatic rings. The Kier molecular flexibility index (Phi) is 5.42. The van der Waals surface area contributed by atoms with E-state index in [-0.39, 0.29) is 6.67 Å². The Labute approximate surface area is 86.1 Å². The maximum atomic E-state index is 12.9. The molecular formula is C12H22F2. The molecule has 0 saturated heterocycles. The lowest BCUT2D eigenvalue weighted by atomic mass is 9.76. The summed E-state index contributed by atoms with van der Waals surface area (Å²) in [6, 6.07) is 0. The highest BCUT2D eigenvalue weighted by atomic mass is 19.1. The normalized spacial score (nSPS) is 23.4. The molecule has 0 amide bonds. The van der Waals surface area contributed by atoms with Crippen LogP contribution in [0.25, 0.3) is 0 Å². The zero-order valence-corrected chi connectivity index (χ0v) is 9.14. The highest BCUT2D eigenvalue weighted by molar-refractivity contribution is 4.75. The number of hydrogen-bond acceptors (Lipinski definition) is 0. The molecular weight excluding hydrogens is 182 g/mol.